The van der Waals surface area contributed by atoms with Gasteiger partial charge in [0.25, 0.3) is 0 Å². The Morgan fingerprint density at radius 2 is 1.77 bits per heavy atom. The maximum absolute atomic E-state index is 12.1. The number of carboxylic acid groups (broad SMARTS) is 1. The second-order valence-corrected chi connectivity index (χ2v) is 5.37. The van der Waals surface area contributed by atoms with E-state index in [0.717, 1.165) is 5.56 Å². The third kappa shape index (κ3) is 5.78. The van der Waals surface area contributed by atoms with Crippen LogP contribution in [0.3, 0.4) is 0 Å². The number of benzene rings is 2. The number of hydrogen-bond donors (Lipinski definition) is 2. The summed E-state index contributed by atoms with van der Waals surface area (Å²) in [6, 6.07) is 9.35. The Bertz CT molecular complexity index is 838. The van der Waals surface area contributed by atoms with Gasteiger partial charge >= 0.3 is 35.5 Å². The molecule has 0 unspecified atom stereocenters. The van der Waals surface area contributed by atoms with E-state index in [9.17, 15) is 9.59 Å². The summed E-state index contributed by atoms with van der Waals surface area (Å²) in [4.78, 5) is 23.2. The number of carboxylic acids is 1. The Balaban J connectivity index is 0.00000338. The predicted octanol–water partition coefficient (Wildman–Crippen LogP) is 3.06. The summed E-state index contributed by atoms with van der Waals surface area (Å²) in [6.07, 6.45) is 2.86. The zero-order chi connectivity index (χ0) is 18.4. The van der Waals surface area contributed by atoms with Gasteiger partial charge in [0.05, 0.1) is 25.5 Å². The van der Waals surface area contributed by atoms with Crippen LogP contribution in [0.2, 0.25) is 5.02 Å². The van der Waals surface area contributed by atoms with Crippen molar-refractivity contribution in [1.82, 2.24) is 0 Å². The Morgan fingerprint density at radius 3 is 2.38 bits per heavy atom. The molecule has 0 atom stereocenters. The van der Waals surface area contributed by atoms with E-state index in [1.165, 1.54) is 38.5 Å². The number of aromatic carboxylic acids is 1. The molecule has 0 heterocycles. The number of halogens is 1. The molecule has 2 aromatic rings. The molecule has 0 spiro atoms. The molecule has 0 fully saturated rings. The third-order valence-corrected chi connectivity index (χ3v) is 3.54. The monoisotopic (exact) mass is 385 g/mol. The second-order valence-electron chi connectivity index (χ2n) is 4.93. The summed E-state index contributed by atoms with van der Waals surface area (Å²) >= 11 is 5.85. The van der Waals surface area contributed by atoms with Crippen LogP contribution in [-0.2, 0) is 4.79 Å². The van der Waals surface area contributed by atoms with Crippen molar-refractivity contribution in [2.24, 2.45) is 0 Å². The van der Waals surface area contributed by atoms with E-state index in [-0.39, 0.29) is 40.8 Å². The van der Waals surface area contributed by atoms with E-state index < -0.39 is 11.9 Å². The minimum atomic E-state index is -1.16. The fourth-order valence-electron chi connectivity index (χ4n) is 2.11. The molecular formula is C18H17ClNNaO5. The number of carbonyl (C=O) groups is 2. The average molecular weight is 386 g/mol. The molecule has 0 aliphatic heterocycles. The third-order valence-electron chi connectivity index (χ3n) is 3.30. The normalized spacial score (nSPS) is 10.1. The van der Waals surface area contributed by atoms with Crippen molar-refractivity contribution in [1.29, 1.82) is 0 Å². The van der Waals surface area contributed by atoms with Gasteiger partial charge in [-0.25, -0.2) is 4.79 Å². The van der Waals surface area contributed by atoms with E-state index in [1.807, 2.05) is 0 Å². The number of carbonyl (C=O) groups excluding carboxylic acids is 1. The summed E-state index contributed by atoms with van der Waals surface area (Å²) in [6.45, 7) is 0. The van der Waals surface area contributed by atoms with Crippen molar-refractivity contribution in [2.75, 3.05) is 19.5 Å². The van der Waals surface area contributed by atoms with Crippen LogP contribution < -0.4 is 14.8 Å². The van der Waals surface area contributed by atoms with Gasteiger partial charge in [0.2, 0.25) is 5.91 Å². The van der Waals surface area contributed by atoms with Gasteiger partial charge in [0, 0.05) is 11.1 Å². The van der Waals surface area contributed by atoms with Gasteiger partial charge in [-0.2, -0.15) is 0 Å². The molecule has 26 heavy (non-hydrogen) atoms. The van der Waals surface area contributed by atoms with Crippen LogP contribution >= 0.6 is 11.6 Å². The van der Waals surface area contributed by atoms with E-state index in [0.29, 0.717) is 16.5 Å². The molecule has 2 N–H and O–H groups in total. The van der Waals surface area contributed by atoms with Crippen molar-refractivity contribution >= 4 is 64.8 Å². The van der Waals surface area contributed by atoms with Gasteiger partial charge in [-0.3, -0.25) is 4.79 Å². The molecule has 0 aliphatic carbocycles. The van der Waals surface area contributed by atoms with Gasteiger partial charge in [-0.05, 0) is 42.0 Å². The topological polar surface area (TPSA) is 84.9 Å². The van der Waals surface area contributed by atoms with Crippen LogP contribution in [0.15, 0.2) is 42.5 Å². The minimum absolute atomic E-state index is 0. The van der Waals surface area contributed by atoms with Crippen molar-refractivity contribution < 1.29 is 24.2 Å². The average Bonchev–Trinajstić information content (AvgIpc) is 2.59. The van der Waals surface area contributed by atoms with E-state index in [2.05, 4.69) is 5.32 Å². The molecule has 2 rings (SSSR count). The van der Waals surface area contributed by atoms with Crippen LogP contribution in [0, 0.1) is 0 Å². The fourth-order valence-corrected chi connectivity index (χ4v) is 2.28. The molecule has 0 bridgehead atoms. The molecule has 0 aliphatic rings. The summed E-state index contributed by atoms with van der Waals surface area (Å²) in [5.41, 5.74) is 0.802. The molecule has 2 aromatic carbocycles. The van der Waals surface area contributed by atoms with Gasteiger partial charge in [0.1, 0.15) is 0 Å². The molecule has 0 aromatic heterocycles. The molecule has 8 heteroatoms. The van der Waals surface area contributed by atoms with Gasteiger partial charge in [-0.15, -0.1) is 0 Å². The van der Waals surface area contributed by atoms with Crippen molar-refractivity contribution in [3.05, 3.63) is 58.6 Å². The van der Waals surface area contributed by atoms with Crippen molar-refractivity contribution in [3.8, 4) is 11.5 Å². The number of ether oxygens (including phenoxy) is 2. The van der Waals surface area contributed by atoms with Crippen LogP contribution in [-0.4, -0.2) is 60.8 Å². The van der Waals surface area contributed by atoms with Gasteiger partial charge in [-0.1, -0.05) is 17.7 Å². The van der Waals surface area contributed by atoms with Gasteiger partial charge in [0.15, 0.2) is 11.5 Å². The Morgan fingerprint density at radius 1 is 1.08 bits per heavy atom. The fraction of sp³-hybridized carbons (Fsp3) is 0.111. The van der Waals surface area contributed by atoms with Gasteiger partial charge < -0.3 is 19.9 Å². The van der Waals surface area contributed by atoms with E-state index in [1.54, 1.807) is 24.3 Å². The Labute approximate surface area is 178 Å². The molecular weight excluding hydrogens is 369 g/mol. The van der Waals surface area contributed by atoms with Crippen LogP contribution in [0.4, 0.5) is 5.69 Å². The van der Waals surface area contributed by atoms with E-state index >= 15 is 0 Å². The number of amides is 1. The molecule has 6 nitrogen and oxygen atoms in total. The number of anilines is 1. The first kappa shape index (κ1) is 22.1. The van der Waals surface area contributed by atoms with Crippen molar-refractivity contribution in [3.63, 3.8) is 0 Å². The molecule has 1 amide bonds. The first-order chi connectivity index (χ1) is 11.9. The molecule has 0 saturated carbocycles. The first-order valence-corrected chi connectivity index (χ1v) is 7.56. The summed E-state index contributed by atoms with van der Waals surface area (Å²) in [5.74, 6) is -0.530. The van der Waals surface area contributed by atoms with Crippen LogP contribution in [0.25, 0.3) is 6.08 Å². The first-order valence-electron chi connectivity index (χ1n) is 7.18. The number of methoxy groups -OCH3 is 2. The molecule has 132 valence electrons. The second kappa shape index (κ2) is 10.2. The van der Waals surface area contributed by atoms with Crippen molar-refractivity contribution in [2.45, 2.75) is 0 Å². The quantitative estimate of drug-likeness (QED) is 0.589. The number of hydrogen-bond acceptors (Lipinski definition) is 4. The molecule has 0 saturated heterocycles. The van der Waals surface area contributed by atoms with E-state index in [4.69, 9.17) is 26.2 Å². The van der Waals surface area contributed by atoms with Crippen LogP contribution in [0.5, 0.6) is 11.5 Å². The predicted molar refractivity (Wildman–Crippen MR) is 103 cm³/mol. The number of nitrogens with one attached hydrogen (secondary N) is 1. The zero-order valence-corrected chi connectivity index (χ0v) is 14.3. The standard InChI is InChI=1S/C18H16ClNO5.Na.H/c1-24-15-7-3-11(9-16(15)25-2)4-8-17(21)20-14-10-12(19)5-6-13(14)18(22)23;;/h3-10H,1-2H3,(H,20,21)(H,22,23);;/b8-4+;;. The number of rotatable bonds is 6. The SMILES string of the molecule is COc1ccc(/C=C/C(=O)Nc2cc(Cl)ccc2C(=O)O)cc1OC.[NaH]. The molecule has 0 radical (unpaired) electrons. The summed E-state index contributed by atoms with van der Waals surface area (Å²) in [5, 5.41) is 12.0. The maximum atomic E-state index is 12.1. The Hall–Kier alpha value is -1.99. The zero-order valence-electron chi connectivity index (χ0n) is 13.6. The summed E-state index contributed by atoms with van der Waals surface area (Å²) < 4.78 is 10.3. The summed E-state index contributed by atoms with van der Waals surface area (Å²) in [7, 11) is 3.05. The van der Waals surface area contributed by atoms with Crippen LogP contribution in [0.1, 0.15) is 15.9 Å². The Kier molecular flexibility index (Phi) is 8.68.